The first-order valence-corrected chi connectivity index (χ1v) is 6.95. The van der Waals surface area contributed by atoms with Crippen LogP contribution >= 0.6 is 15.9 Å². The summed E-state index contributed by atoms with van der Waals surface area (Å²) in [6.45, 7) is 6.36. The van der Waals surface area contributed by atoms with E-state index in [1.165, 1.54) is 0 Å². The standard InChI is InChI=1S/C14H22BrNO/c1-11(2)12(10-16-3)7-8-17-14-6-4-5-13(15)9-14/h4-6,9,11-12,16H,7-8,10H2,1-3H3. The van der Waals surface area contributed by atoms with E-state index in [1.807, 2.05) is 31.3 Å². The highest BCUT2D eigenvalue weighted by Gasteiger charge is 2.12. The number of benzene rings is 1. The van der Waals surface area contributed by atoms with Gasteiger partial charge in [0.25, 0.3) is 0 Å². The molecule has 1 atom stereocenters. The molecule has 1 aromatic carbocycles. The molecule has 2 nitrogen and oxygen atoms in total. The second kappa shape index (κ2) is 7.72. The van der Waals surface area contributed by atoms with Gasteiger partial charge in [0, 0.05) is 4.47 Å². The molecular formula is C14H22BrNO. The van der Waals surface area contributed by atoms with E-state index in [9.17, 15) is 0 Å². The van der Waals surface area contributed by atoms with Gasteiger partial charge >= 0.3 is 0 Å². The minimum atomic E-state index is 0.673. The number of hydrogen-bond donors (Lipinski definition) is 1. The summed E-state index contributed by atoms with van der Waals surface area (Å²) in [4.78, 5) is 0. The first-order valence-electron chi connectivity index (χ1n) is 6.16. The molecule has 0 amide bonds. The average Bonchev–Trinajstić information content (AvgIpc) is 2.28. The predicted octanol–water partition coefficient (Wildman–Crippen LogP) is 3.71. The maximum Gasteiger partial charge on any atom is 0.120 e. The normalized spacial score (nSPS) is 12.8. The highest BCUT2D eigenvalue weighted by Crippen LogP contribution is 2.19. The zero-order valence-electron chi connectivity index (χ0n) is 10.9. The van der Waals surface area contributed by atoms with Crippen molar-refractivity contribution in [2.24, 2.45) is 11.8 Å². The maximum absolute atomic E-state index is 5.76. The summed E-state index contributed by atoms with van der Waals surface area (Å²) in [5, 5.41) is 3.24. The largest absolute Gasteiger partial charge is 0.494 e. The van der Waals surface area contributed by atoms with E-state index in [-0.39, 0.29) is 0 Å². The summed E-state index contributed by atoms with van der Waals surface area (Å²) in [5.41, 5.74) is 0. The Bertz CT molecular complexity index is 328. The molecule has 0 aliphatic heterocycles. The zero-order valence-corrected chi connectivity index (χ0v) is 12.5. The molecule has 1 rings (SSSR count). The fourth-order valence-corrected chi connectivity index (χ4v) is 2.20. The number of hydrogen-bond acceptors (Lipinski definition) is 2. The van der Waals surface area contributed by atoms with Crippen molar-refractivity contribution in [3.05, 3.63) is 28.7 Å². The Morgan fingerprint density at radius 1 is 1.35 bits per heavy atom. The van der Waals surface area contributed by atoms with Crippen molar-refractivity contribution in [2.75, 3.05) is 20.2 Å². The highest BCUT2D eigenvalue weighted by atomic mass is 79.9. The molecule has 0 radical (unpaired) electrons. The van der Waals surface area contributed by atoms with Crippen LogP contribution in [0.2, 0.25) is 0 Å². The van der Waals surface area contributed by atoms with Crippen LogP contribution in [0.1, 0.15) is 20.3 Å². The summed E-state index contributed by atoms with van der Waals surface area (Å²) in [5.74, 6) is 2.30. The van der Waals surface area contributed by atoms with Gasteiger partial charge in [0.2, 0.25) is 0 Å². The van der Waals surface area contributed by atoms with Gasteiger partial charge in [-0.25, -0.2) is 0 Å². The van der Waals surface area contributed by atoms with Crippen LogP contribution < -0.4 is 10.1 Å². The van der Waals surface area contributed by atoms with Crippen molar-refractivity contribution in [1.29, 1.82) is 0 Å². The molecule has 1 aromatic rings. The van der Waals surface area contributed by atoms with E-state index in [2.05, 4.69) is 35.1 Å². The number of rotatable bonds is 7. The molecule has 0 fully saturated rings. The van der Waals surface area contributed by atoms with E-state index in [0.29, 0.717) is 11.8 Å². The number of halogens is 1. The van der Waals surface area contributed by atoms with Gasteiger partial charge in [-0.05, 0) is 50.0 Å². The van der Waals surface area contributed by atoms with E-state index >= 15 is 0 Å². The number of nitrogens with one attached hydrogen (secondary N) is 1. The van der Waals surface area contributed by atoms with E-state index in [0.717, 1.165) is 29.8 Å². The molecule has 0 aromatic heterocycles. The predicted molar refractivity (Wildman–Crippen MR) is 76.5 cm³/mol. The van der Waals surface area contributed by atoms with Gasteiger partial charge in [-0.3, -0.25) is 0 Å². The molecule has 96 valence electrons. The third kappa shape index (κ3) is 5.55. The van der Waals surface area contributed by atoms with Crippen molar-refractivity contribution in [3.8, 4) is 5.75 Å². The topological polar surface area (TPSA) is 21.3 Å². The molecule has 0 bridgehead atoms. The molecular weight excluding hydrogens is 278 g/mol. The summed E-state index contributed by atoms with van der Waals surface area (Å²) in [7, 11) is 2.00. The molecule has 0 saturated carbocycles. The Morgan fingerprint density at radius 2 is 2.12 bits per heavy atom. The first kappa shape index (κ1) is 14.5. The minimum absolute atomic E-state index is 0.673. The molecule has 1 N–H and O–H groups in total. The highest BCUT2D eigenvalue weighted by molar-refractivity contribution is 9.10. The molecule has 0 aliphatic carbocycles. The van der Waals surface area contributed by atoms with Gasteiger partial charge in [0.05, 0.1) is 6.61 Å². The molecule has 0 spiro atoms. The van der Waals surface area contributed by atoms with Gasteiger partial charge < -0.3 is 10.1 Å². The lowest BCUT2D eigenvalue weighted by molar-refractivity contribution is 0.246. The molecule has 3 heteroatoms. The quantitative estimate of drug-likeness (QED) is 0.829. The Kier molecular flexibility index (Phi) is 6.60. The lowest BCUT2D eigenvalue weighted by Gasteiger charge is -2.20. The summed E-state index contributed by atoms with van der Waals surface area (Å²) in [6, 6.07) is 7.99. The Balaban J connectivity index is 2.35. The fraction of sp³-hybridized carbons (Fsp3) is 0.571. The average molecular weight is 300 g/mol. The van der Waals surface area contributed by atoms with Gasteiger partial charge in [-0.15, -0.1) is 0 Å². The van der Waals surface area contributed by atoms with Crippen molar-refractivity contribution in [2.45, 2.75) is 20.3 Å². The van der Waals surface area contributed by atoms with E-state index in [1.54, 1.807) is 0 Å². The van der Waals surface area contributed by atoms with Crippen LogP contribution in [0.3, 0.4) is 0 Å². The van der Waals surface area contributed by atoms with Gasteiger partial charge in [0.1, 0.15) is 5.75 Å². The van der Waals surface area contributed by atoms with Crippen LogP contribution in [-0.4, -0.2) is 20.2 Å². The zero-order chi connectivity index (χ0) is 12.7. The fourth-order valence-electron chi connectivity index (χ4n) is 1.82. The smallest absolute Gasteiger partial charge is 0.120 e. The molecule has 1 unspecified atom stereocenters. The van der Waals surface area contributed by atoms with Crippen LogP contribution in [0.15, 0.2) is 28.7 Å². The lowest BCUT2D eigenvalue weighted by atomic mass is 9.93. The molecule has 0 aliphatic rings. The third-order valence-corrected chi connectivity index (χ3v) is 3.46. The van der Waals surface area contributed by atoms with E-state index < -0.39 is 0 Å². The Labute approximate surface area is 113 Å². The molecule has 0 heterocycles. The Morgan fingerprint density at radius 3 is 2.71 bits per heavy atom. The second-order valence-corrected chi connectivity index (χ2v) is 5.57. The van der Waals surface area contributed by atoms with Crippen LogP contribution in [-0.2, 0) is 0 Å². The summed E-state index contributed by atoms with van der Waals surface area (Å²) >= 11 is 3.44. The SMILES string of the molecule is CNCC(CCOc1cccc(Br)c1)C(C)C. The minimum Gasteiger partial charge on any atom is -0.494 e. The van der Waals surface area contributed by atoms with Crippen molar-refractivity contribution < 1.29 is 4.74 Å². The van der Waals surface area contributed by atoms with Crippen LogP contribution in [0, 0.1) is 11.8 Å². The summed E-state index contributed by atoms with van der Waals surface area (Å²) in [6.07, 6.45) is 1.09. The first-order chi connectivity index (χ1) is 8.13. The second-order valence-electron chi connectivity index (χ2n) is 4.66. The number of ether oxygens (including phenoxy) is 1. The van der Waals surface area contributed by atoms with Crippen LogP contribution in [0.5, 0.6) is 5.75 Å². The summed E-state index contributed by atoms with van der Waals surface area (Å²) < 4.78 is 6.82. The van der Waals surface area contributed by atoms with Crippen molar-refractivity contribution in [3.63, 3.8) is 0 Å². The van der Waals surface area contributed by atoms with Crippen molar-refractivity contribution in [1.82, 2.24) is 5.32 Å². The lowest BCUT2D eigenvalue weighted by Crippen LogP contribution is -2.24. The third-order valence-electron chi connectivity index (χ3n) is 2.96. The van der Waals surface area contributed by atoms with Crippen LogP contribution in [0.25, 0.3) is 0 Å². The molecule has 17 heavy (non-hydrogen) atoms. The van der Waals surface area contributed by atoms with Crippen molar-refractivity contribution >= 4 is 15.9 Å². The van der Waals surface area contributed by atoms with Gasteiger partial charge in [0.15, 0.2) is 0 Å². The Hall–Kier alpha value is -0.540. The monoisotopic (exact) mass is 299 g/mol. The maximum atomic E-state index is 5.76. The van der Waals surface area contributed by atoms with Gasteiger partial charge in [-0.2, -0.15) is 0 Å². The van der Waals surface area contributed by atoms with E-state index in [4.69, 9.17) is 4.74 Å². The van der Waals surface area contributed by atoms with Gasteiger partial charge in [-0.1, -0.05) is 35.8 Å². The van der Waals surface area contributed by atoms with Crippen LogP contribution in [0.4, 0.5) is 0 Å². The molecule has 0 saturated heterocycles.